The van der Waals surface area contributed by atoms with Crippen LogP contribution >= 0.6 is 15.6 Å². The molecule has 0 aromatic rings. The zero-order chi connectivity index (χ0) is 76.0. The topological polar surface area (TPSA) is 237 Å². The lowest BCUT2D eigenvalue weighted by atomic mass is 10.0. The van der Waals surface area contributed by atoms with E-state index in [2.05, 4.69) is 155 Å². The first kappa shape index (κ1) is 98.9. The van der Waals surface area contributed by atoms with Crippen molar-refractivity contribution in [3.05, 3.63) is 146 Å². The lowest BCUT2D eigenvalue weighted by molar-refractivity contribution is -0.161. The molecule has 5 unspecified atom stereocenters. The summed E-state index contributed by atoms with van der Waals surface area (Å²) in [6.07, 6.45) is 86.9. The highest BCUT2D eigenvalue weighted by atomic mass is 31.2. The maximum atomic E-state index is 13.1. The number of rotatable bonds is 74. The molecule has 104 heavy (non-hydrogen) atoms. The Hall–Kier alpha value is -5.06. The van der Waals surface area contributed by atoms with Gasteiger partial charge in [0.15, 0.2) is 12.2 Å². The van der Waals surface area contributed by atoms with E-state index in [0.29, 0.717) is 32.1 Å². The van der Waals surface area contributed by atoms with Crippen LogP contribution in [0.4, 0.5) is 0 Å². The van der Waals surface area contributed by atoms with E-state index < -0.39 is 97.5 Å². The van der Waals surface area contributed by atoms with Crippen LogP contribution in [0.15, 0.2) is 146 Å². The Kier molecular flexibility index (Phi) is 72.4. The molecule has 0 aromatic heterocycles. The SMILES string of the molecule is CC/C=C\C/C=C\C/C=C\C/C=C\C/C=C\C/C=C\CCC(=O)OCC(COP(=O)(O)OCC(O)COP(=O)(O)OCC(COC(=O)CCCCCCC/C=C\C/C=C\CCCCC)OC(=O)CCCCCCCCCCCCCCC)OC(=O)CCCCCC/C=C\C/C=C\C/C=C\C/C=C\CC. The van der Waals surface area contributed by atoms with Crippen molar-refractivity contribution in [2.75, 3.05) is 39.6 Å². The van der Waals surface area contributed by atoms with Gasteiger partial charge in [0.2, 0.25) is 0 Å². The van der Waals surface area contributed by atoms with Gasteiger partial charge < -0.3 is 33.8 Å². The molecular formula is C85H142O17P2. The molecule has 0 bridgehead atoms. The third-order valence-electron chi connectivity index (χ3n) is 16.3. The largest absolute Gasteiger partial charge is 0.472 e. The van der Waals surface area contributed by atoms with E-state index in [4.69, 9.17) is 37.0 Å². The number of ether oxygens (including phenoxy) is 4. The molecule has 0 aliphatic carbocycles. The normalized spacial score (nSPS) is 14.6. The van der Waals surface area contributed by atoms with Crippen LogP contribution in [0.3, 0.4) is 0 Å². The van der Waals surface area contributed by atoms with E-state index in [1.54, 1.807) is 0 Å². The fourth-order valence-corrected chi connectivity index (χ4v) is 11.8. The predicted octanol–water partition coefficient (Wildman–Crippen LogP) is 23.4. The Morgan fingerprint density at radius 2 is 0.519 bits per heavy atom. The minimum absolute atomic E-state index is 0.0262. The second-order valence-electron chi connectivity index (χ2n) is 26.2. The van der Waals surface area contributed by atoms with Gasteiger partial charge in [0.25, 0.3) is 0 Å². The van der Waals surface area contributed by atoms with Crippen molar-refractivity contribution in [2.24, 2.45) is 0 Å². The quantitative estimate of drug-likeness (QED) is 0.0169. The minimum atomic E-state index is -5.01. The van der Waals surface area contributed by atoms with Gasteiger partial charge in [0.1, 0.15) is 19.3 Å². The maximum Gasteiger partial charge on any atom is 0.472 e. The zero-order valence-electron chi connectivity index (χ0n) is 64.9. The summed E-state index contributed by atoms with van der Waals surface area (Å²) in [7, 11) is -9.99. The molecule has 3 N–H and O–H groups in total. The summed E-state index contributed by atoms with van der Waals surface area (Å²) in [5.74, 6) is -2.31. The Labute approximate surface area is 630 Å². The number of phosphoric acid groups is 2. The molecule has 5 atom stereocenters. The van der Waals surface area contributed by atoms with Crippen molar-refractivity contribution in [1.29, 1.82) is 0 Å². The van der Waals surface area contributed by atoms with Crippen LogP contribution in [0.5, 0.6) is 0 Å². The van der Waals surface area contributed by atoms with Crippen LogP contribution in [0, 0.1) is 0 Å². The first-order chi connectivity index (χ1) is 50.7. The third kappa shape index (κ3) is 75.2. The number of unbranched alkanes of at least 4 members (excludes halogenated alkanes) is 24. The second-order valence-corrected chi connectivity index (χ2v) is 29.2. The summed E-state index contributed by atoms with van der Waals surface area (Å²) < 4.78 is 68.5. The number of allylic oxidation sites excluding steroid dienone is 24. The summed E-state index contributed by atoms with van der Waals surface area (Å²) in [6.45, 7) is 4.50. The van der Waals surface area contributed by atoms with Crippen LogP contribution < -0.4 is 0 Å². The van der Waals surface area contributed by atoms with Gasteiger partial charge >= 0.3 is 39.5 Å². The Bertz CT molecular complexity index is 2540. The number of hydrogen-bond acceptors (Lipinski definition) is 15. The molecule has 0 amide bonds. The van der Waals surface area contributed by atoms with Gasteiger partial charge in [-0.3, -0.25) is 37.3 Å². The average Bonchev–Trinajstić information content (AvgIpc) is 0.911. The molecule has 0 fully saturated rings. The summed E-state index contributed by atoms with van der Waals surface area (Å²) in [5.41, 5.74) is 0. The number of carbonyl (C=O) groups excluding carboxylic acids is 4. The monoisotopic (exact) mass is 1500 g/mol. The number of aliphatic hydroxyl groups excluding tert-OH is 1. The molecule has 0 aromatic carbocycles. The van der Waals surface area contributed by atoms with Crippen LogP contribution in [0.1, 0.15) is 310 Å². The number of aliphatic hydroxyl groups is 1. The fraction of sp³-hybridized carbons (Fsp3) is 0.671. The van der Waals surface area contributed by atoms with Crippen molar-refractivity contribution in [2.45, 2.75) is 329 Å². The molecule has 594 valence electrons. The lowest BCUT2D eigenvalue weighted by Crippen LogP contribution is -2.30. The predicted molar refractivity (Wildman–Crippen MR) is 427 cm³/mol. The number of hydrogen-bond donors (Lipinski definition) is 3. The van der Waals surface area contributed by atoms with Crippen LogP contribution in [0.2, 0.25) is 0 Å². The maximum absolute atomic E-state index is 13.1. The van der Waals surface area contributed by atoms with E-state index in [0.717, 1.165) is 154 Å². The summed E-state index contributed by atoms with van der Waals surface area (Å²) in [4.78, 5) is 73.0. The second kappa shape index (κ2) is 76.1. The number of phosphoric ester groups is 2. The van der Waals surface area contributed by atoms with Gasteiger partial charge in [-0.2, -0.15) is 0 Å². The summed E-state index contributed by atoms with van der Waals surface area (Å²) >= 11 is 0. The molecule has 0 aliphatic heterocycles. The van der Waals surface area contributed by atoms with E-state index in [1.165, 1.54) is 70.6 Å². The van der Waals surface area contributed by atoms with E-state index in [1.807, 2.05) is 18.2 Å². The highest BCUT2D eigenvalue weighted by molar-refractivity contribution is 7.47. The zero-order valence-corrected chi connectivity index (χ0v) is 66.7. The molecule has 0 aliphatic rings. The highest BCUT2D eigenvalue weighted by Gasteiger charge is 2.30. The Morgan fingerprint density at radius 1 is 0.279 bits per heavy atom. The average molecular weight is 1500 g/mol. The summed E-state index contributed by atoms with van der Waals surface area (Å²) in [5, 5.41) is 10.6. The van der Waals surface area contributed by atoms with Crippen molar-refractivity contribution in [1.82, 2.24) is 0 Å². The van der Waals surface area contributed by atoms with Gasteiger partial charge in [0, 0.05) is 25.7 Å². The molecule has 0 spiro atoms. The van der Waals surface area contributed by atoms with Gasteiger partial charge in [-0.1, -0.05) is 296 Å². The van der Waals surface area contributed by atoms with Crippen molar-refractivity contribution in [3.8, 4) is 0 Å². The van der Waals surface area contributed by atoms with Gasteiger partial charge in [-0.05, 0) is 135 Å². The third-order valence-corrected chi connectivity index (χ3v) is 18.2. The minimum Gasteiger partial charge on any atom is -0.462 e. The van der Waals surface area contributed by atoms with Crippen molar-refractivity contribution in [3.63, 3.8) is 0 Å². The van der Waals surface area contributed by atoms with E-state index in [-0.39, 0.29) is 25.7 Å². The standard InChI is InChI=1S/C85H142O17P2/c1-5-9-13-17-21-25-29-33-36-38-39-41-43-47-50-54-58-62-66-70-83(88)96-76-81(102-85(90)72-68-64-60-56-52-48-44-40-37-34-30-26-22-18-14-10-6-2)78-100-104(93,94)98-74-79(86)73-97-103(91,92)99-77-80(101-84(89)71-67-63-59-55-51-45-32-28-24-20-16-12-8-4)75-95-82(87)69-65-61-57-53-49-46-42-35-31-27-23-19-15-11-7-3/h9-10,13-14,21-23,25-27,33-37,39,41-42,44,47-48,50,58,62,79-81,86H,5-8,11-12,15-20,24,28-32,38,40,43,45-46,49,51-57,59-61,63-78H2,1-4H3,(H,91,92)(H,93,94)/b13-9-,14-10-,25-21-,26-22-,27-23-,36-33-,37-34-,41-39-,42-35-,48-44-,50-47-,62-58-. The van der Waals surface area contributed by atoms with Crippen molar-refractivity contribution >= 4 is 39.5 Å². The molecule has 17 nitrogen and oxygen atoms in total. The summed E-state index contributed by atoms with van der Waals surface area (Å²) in [6, 6.07) is 0. The number of esters is 4. The molecule has 0 rings (SSSR count). The smallest absolute Gasteiger partial charge is 0.462 e. The first-order valence-corrected chi connectivity index (χ1v) is 43.1. The molecule has 19 heteroatoms. The molecular weight excluding hydrogens is 1350 g/mol. The van der Waals surface area contributed by atoms with E-state index >= 15 is 0 Å². The molecule has 0 saturated carbocycles. The fourth-order valence-electron chi connectivity index (χ4n) is 10.3. The molecule has 0 radical (unpaired) electrons. The Morgan fingerprint density at radius 3 is 0.846 bits per heavy atom. The van der Waals surface area contributed by atoms with Crippen LogP contribution in [-0.4, -0.2) is 96.7 Å². The highest BCUT2D eigenvalue weighted by Crippen LogP contribution is 2.45. The Balaban J connectivity index is 5.46. The first-order valence-electron chi connectivity index (χ1n) is 40.1. The number of carbonyl (C=O) groups is 4. The van der Waals surface area contributed by atoms with Gasteiger partial charge in [-0.25, -0.2) is 9.13 Å². The van der Waals surface area contributed by atoms with Crippen molar-refractivity contribution < 1.29 is 80.2 Å². The van der Waals surface area contributed by atoms with Gasteiger partial charge in [0.05, 0.1) is 26.4 Å². The lowest BCUT2D eigenvalue weighted by Gasteiger charge is -2.21. The van der Waals surface area contributed by atoms with E-state index in [9.17, 15) is 43.2 Å². The van der Waals surface area contributed by atoms with Gasteiger partial charge in [-0.15, -0.1) is 0 Å². The van der Waals surface area contributed by atoms with Crippen LogP contribution in [0.25, 0.3) is 0 Å². The molecule has 0 saturated heterocycles. The van der Waals surface area contributed by atoms with Crippen LogP contribution in [-0.2, 0) is 65.4 Å². The molecule has 0 heterocycles.